The Bertz CT molecular complexity index is 612. The van der Waals surface area contributed by atoms with E-state index in [0.717, 1.165) is 31.2 Å². The Balaban J connectivity index is 1.62. The molecule has 0 aliphatic carbocycles. The minimum absolute atomic E-state index is 0.223. The molecule has 1 aromatic carbocycles. The second-order valence-corrected chi connectivity index (χ2v) is 6.65. The Morgan fingerprint density at radius 3 is 2.67 bits per heavy atom. The van der Waals surface area contributed by atoms with Gasteiger partial charge in [0, 0.05) is 12.8 Å². The van der Waals surface area contributed by atoms with Gasteiger partial charge in [0.05, 0.1) is 31.5 Å². The number of carbonyl (C=O) groups is 2. The Morgan fingerprint density at radius 2 is 1.96 bits per heavy atom. The highest BCUT2D eigenvalue weighted by molar-refractivity contribution is 5.89. The van der Waals surface area contributed by atoms with Gasteiger partial charge < -0.3 is 14.2 Å². The molecule has 2 bridgehead atoms. The highest BCUT2D eigenvalue weighted by Crippen LogP contribution is 2.45. The molecule has 0 saturated carbocycles. The van der Waals surface area contributed by atoms with Crippen LogP contribution in [0.25, 0.3) is 0 Å². The zero-order valence-corrected chi connectivity index (χ0v) is 14.2. The van der Waals surface area contributed by atoms with Crippen LogP contribution in [0.15, 0.2) is 24.3 Å². The van der Waals surface area contributed by atoms with Gasteiger partial charge in [0.1, 0.15) is 0 Å². The van der Waals surface area contributed by atoms with Gasteiger partial charge in [0.25, 0.3) is 0 Å². The van der Waals surface area contributed by atoms with Crippen LogP contribution in [0.2, 0.25) is 0 Å². The van der Waals surface area contributed by atoms with Crippen molar-refractivity contribution in [1.29, 1.82) is 0 Å². The molecule has 0 amide bonds. The lowest BCUT2D eigenvalue weighted by atomic mass is 9.77. The molecule has 2 saturated heterocycles. The molecule has 0 aromatic heterocycles. The average Bonchev–Trinajstić information content (AvgIpc) is 3.19. The maximum absolute atomic E-state index is 11.6. The molecule has 4 atom stereocenters. The summed E-state index contributed by atoms with van der Waals surface area (Å²) in [6.07, 6.45) is 4.50. The number of esters is 2. The number of hydrogen-bond donors (Lipinski definition) is 0. The highest BCUT2D eigenvalue weighted by atomic mass is 16.5. The summed E-state index contributed by atoms with van der Waals surface area (Å²) >= 11 is 0. The molecule has 0 unspecified atom stereocenters. The summed E-state index contributed by atoms with van der Waals surface area (Å²) in [6.45, 7) is 1.89. The Labute approximate surface area is 142 Å². The van der Waals surface area contributed by atoms with E-state index < -0.39 is 0 Å². The van der Waals surface area contributed by atoms with Crippen molar-refractivity contribution >= 4 is 11.9 Å². The second-order valence-electron chi connectivity index (χ2n) is 6.65. The third kappa shape index (κ3) is 3.61. The lowest BCUT2D eigenvalue weighted by Crippen LogP contribution is -2.31. The summed E-state index contributed by atoms with van der Waals surface area (Å²) in [5.74, 6) is 0.150. The summed E-state index contributed by atoms with van der Waals surface area (Å²) in [7, 11) is 1.39. The van der Waals surface area contributed by atoms with Crippen LogP contribution in [0.1, 0.15) is 42.1 Å². The smallest absolute Gasteiger partial charge is 0.337 e. The van der Waals surface area contributed by atoms with Crippen LogP contribution in [0.3, 0.4) is 0 Å². The van der Waals surface area contributed by atoms with Gasteiger partial charge in [-0.15, -0.1) is 0 Å². The van der Waals surface area contributed by atoms with Gasteiger partial charge in [-0.2, -0.15) is 0 Å². The third-order valence-electron chi connectivity index (χ3n) is 5.18. The van der Waals surface area contributed by atoms with Gasteiger partial charge in [-0.3, -0.25) is 4.79 Å². The van der Waals surface area contributed by atoms with Crippen molar-refractivity contribution < 1.29 is 23.8 Å². The monoisotopic (exact) mass is 332 g/mol. The van der Waals surface area contributed by atoms with Crippen LogP contribution >= 0.6 is 0 Å². The van der Waals surface area contributed by atoms with Crippen LogP contribution in [0.5, 0.6) is 0 Å². The Hall–Kier alpha value is -1.88. The first-order chi connectivity index (χ1) is 11.6. The first kappa shape index (κ1) is 17.0. The van der Waals surface area contributed by atoms with Crippen LogP contribution < -0.4 is 0 Å². The Morgan fingerprint density at radius 1 is 1.21 bits per heavy atom. The second kappa shape index (κ2) is 7.34. The van der Waals surface area contributed by atoms with E-state index >= 15 is 0 Å². The van der Waals surface area contributed by atoms with Gasteiger partial charge in [-0.25, -0.2) is 4.79 Å². The van der Waals surface area contributed by atoms with E-state index in [9.17, 15) is 9.59 Å². The number of hydrogen-bond acceptors (Lipinski definition) is 5. The topological polar surface area (TPSA) is 61.8 Å². The number of ether oxygens (including phenoxy) is 3. The number of benzene rings is 1. The maximum atomic E-state index is 11.6. The largest absolute Gasteiger partial charge is 0.465 e. The van der Waals surface area contributed by atoms with Gasteiger partial charge in [0.15, 0.2) is 0 Å². The van der Waals surface area contributed by atoms with E-state index in [1.165, 1.54) is 14.0 Å². The van der Waals surface area contributed by atoms with Crippen molar-refractivity contribution in [2.75, 3.05) is 13.7 Å². The number of fused-ring (bicyclic) bond motifs is 2. The fraction of sp³-hybridized carbons (Fsp3) is 0.579. The van der Waals surface area contributed by atoms with E-state index in [0.29, 0.717) is 18.1 Å². The molecule has 0 radical (unpaired) electrons. The number of carbonyl (C=O) groups excluding carboxylic acids is 2. The van der Waals surface area contributed by atoms with Crippen LogP contribution in [0.4, 0.5) is 0 Å². The zero-order valence-electron chi connectivity index (χ0n) is 14.2. The maximum Gasteiger partial charge on any atom is 0.337 e. The predicted molar refractivity (Wildman–Crippen MR) is 87.6 cm³/mol. The van der Waals surface area contributed by atoms with Gasteiger partial charge in [-0.05, 0) is 49.3 Å². The highest BCUT2D eigenvalue weighted by Gasteiger charge is 2.48. The molecule has 3 rings (SSSR count). The minimum Gasteiger partial charge on any atom is -0.465 e. The predicted octanol–water partition coefficient (Wildman–Crippen LogP) is 2.76. The lowest BCUT2D eigenvalue weighted by Gasteiger charge is -2.27. The standard InChI is InChI=1S/C19H24O5/c1-12(20)23-11-16-15(17-8-9-18(16)24-17)7-6-13-4-3-5-14(10-13)19(21)22-2/h3-5,10,15-18H,6-9,11H2,1-2H3/t15-,16+,17+,18-/m1/s1. The third-order valence-corrected chi connectivity index (χ3v) is 5.18. The summed E-state index contributed by atoms with van der Waals surface area (Å²) in [4.78, 5) is 22.8. The molecule has 0 N–H and O–H groups in total. The van der Waals surface area contributed by atoms with Crippen molar-refractivity contribution in [2.45, 2.75) is 44.8 Å². The van der Waals surface area contributed by atoms with E-state index in [2.05, 4.69) is 0 Å². The van der Waals surface area contributed by atoms with Crippen LogP contribution in [-0.4, -0.2) is 37.9 Å². The SMILES string of the molecule is COC(=O)c1cccc(CC[C@@H]2[C@H](COC(C)=O)[C@H]3CC[C@@H]2O3)c1. The van der Waals surface area contributed by atoms with Crippen molar-refractivity contribution in [3.63, 3.8) is 0 Å². The minimum atomic E-state index is -0.312. The zero-order chi connectivity index (χ0) is 17.1. The van der Waals surface area contributed by atoms with E-state index in [1.807, 2.05) is 18.2 Å². The summed E-state index contributed by atoms with van der Waals surface area (Å²) in [5.41, 5.74) is 1.70. The molecular weight excluding hydrogens is 308 g/mol. The Kier molecular flexibility index (Phi) is 5.19. The van der Waals surface area contributed by atoms with Crippen LogP contribution in [-0.2, 0) is 25.4 Å². The number of methoxy groups -OCH3 is 1. The molecule has 2 fully saturated rings. The summed E-state index contributed by atoms with van der Waals surface area (Å²) in [6, 6.07) is 7.57. The van der Waals surface area contributed by atoms with Crippen molar-refractivity contribution in [3.05, 3.63) is 35.4 Å². The fourth-order valence-electron chi connectivity index (χ4n) is 4.02. The average molecular weight is 332 g/mol. The summed E-state index contributed by atoms with van der Waals surface area (Å²) < 4.78 is 16.1. The van der Waals surface area contributed by atoms with Gasteiger partial charge in [-0.1, -0.05) is 12.1 Å². The molecule has 0 spiro atoms. The van der Waals surface area contributed by atoms with Crippen LogP contribution in [0, 0.1) is 11.8 Å². The molecule has 2 heterocycles. The fourth-order valence-corrected chi connectivity index (χ4v) is 4.02. The normalized spacial score (nSPS) is 27.9. The van der Waals surface area contributed by atoms with Gasteiger partial charge in [0.2, 0.25) is 0 Å². The van der Waals surface area contributed by atoms with E-state index in [1.54, 1.807) is 6.07 Å². The quantitative estimate of drug-likeness (QED) is 0.750. The molecular formula is C19H24O5. The number of rotatable bonds is 6. The molecule has 24 heavy (non-hydrogen) atoms. The van der Waals surface area contributed by atoms with Crippen molar-refractivity contribution in [1.82, 2.24) is 0 Å². The lowest BCUT2D eigenvalue weighted by molar-refractivity contribution is -0.143. The first-order valence-corrected chi connectivity index (χ1v) is 8.54. The first-order valence-electron chi connectivity index (χ1n) is 8.54. The molecule has 5 nitrogen and oxygen atoms in total. The molecule has 130 valence electrons. The molecule has 1 aromatic rings. The van der Waals surface area contributed by atoms with Crippen molar-refractivity contribution in [3.8, 4) is 0 Å². The molecule has 2 aliphatic heterocycles. The summed E-state index contributed by atoms with van der Waals surface area (Å²) in [5, 5.41) is 0. The van der Waals surface area contributed by atoms with E-state index in [-0.39, 0.29) is 30.1 Å². The van der Waals surface area contributed by atoms with Crippen molar-refractivity contribution in [2.24, 2.45) is 11.8 Å². The number of aryl methyl sites for hydroxylation is 1. The molecule has 5 heteroatoms. The molecule has 2 aliphatic rings. The van der Waals surface area contributed by atoms with E-state index in [4.69, 9.17) is 14.2 Å². The van der Waals surface area contributed by atoms with Gasteiger partial charge >= 0.3 is 11.9 Å².